The van der Waals surface area contributed by atoms with Crippen molar-refractivity contribution >= 4 is 0 Å². The summed E-state index contributed by atoms with van der Waals surface area (Å²) >= 11 is 0. The van der Waals surface area contributed by atoms with Crippen LogP contribution in [0, 0.1) is 5.92 Å². The molecule has 2 fully saturated rings. The minimum absolute atomic E-state index is 0.743. The Morgan fingerprint density at radius 3 is 3.00 bits per heavy atom. The summed E-state index contributed by atoms with van der Waals surface area (Å²) in [7, 11) is 0. The van der Waals surface area contributed by atoms with Crippen LogP contribution < -0.4 is 5.32 Å². The van der Waals surface area contributed by atoms with Crippen molar-refractivity contribution in [3.8, 4) is 0 Å². The number of nitrogens with zero attached hydrogens (tertiary/aromatic N) is 2. The smallest absolute Gasteiger partial charge is 0.128 e. The van der Waals surface area contributed by atoms with Gasteiger partial charge in [-0.3, -0.25) is 0 Å². The van der Waals surface area contributed by atoms with E-state index in [2.05, 4.69) is 16.4 Å². The molecule has 1 aromatic heterocycles. The Kier molecular flexibility index (Phi) is 3.36. The van der Waals surface area contributed by atoms with Crippen molar-refractivity contribution in [1.29, 1.82) is 0 Å². The maximum atomic E-state index is 4.73. The first-order chi connectivity index (χ1) is 8.42. The molecule has 2 aliphatic rings. The number of hydrogen-bond acceptors (Lipinski definition) is 3. The van der Waals surface area contributed by atoms with E-state index in [-0.39, 0.29) is 0 Å². The van der Waals surface area contributed by atoms with Crippen LogP contribution in [0.25, 0.3) is 0 Å². The second-order valence-electron chi connectivity index (χ2n) is 5.42. The fourth-order valence-electron chi connectivity index (χ4n) is 2.67. The molecule has 1 atom stereocenters. The monoisotopic (exact) mass is 231 g/mol. The molecular weight excluding hydrogens is 210 g/mol. The lowest BCUT2D eigenvalue weighted by Gasteiger charge is -2.12. The summed E-state index contributed by atoms with van der Waals surface area (Å²) in [6, 6.07) is 2.09. The van der Waals surface area contributed by atoms with Crippen LogP contribution in [0.3, 0.4) is 0 Å². The highest BCUT2D eigenvalue weighted by Crippen LogP contribution is 2.38. The fourth-order valence-corrected chi connectivity index (χ4v) is 2.67. The summed E-state index contributed by atoms with van der Waals surface area (Å²) in [5, 5.41) is 3.46. The number of rotatable bonds is 3. The Morgan fingerprint density at radius 1 is 1.18 bits per heavy atom. The molecule has 0 spiro atoms. The molecule has 3 heteroatoms. The van der Waals surface area contributed by atoms with Crippen molar-refractivity contribution in [1.82, 2.24) is 15.3 Å². The average Bonchev–Trinajstić information content (AvgIpc) is 3.17. The summed E-state index contributed by atoms with van der Waals surface area (Å²) in [5.74, 6) is 2.59. The average molecular weight is 231 g/mol. The van der Waals surface area contributed by atoms with E-state index in [4.69, 9.17) is 4.98 Å². The lowest BCUT2D eigenvalue weighted by molar-refractivity contribution is 0.458. The Balaban J connectivity index is 1.64. The Hall–Kier alpha value is -0.960. The molecule has 3 rings (SSSR count). The third-order valence-corrected chi connectivity index (χ3v) is 3.89. The second-order valence-corrected chi connectivity index (χ2v) is 5.42. The molecule has 0 radical (unpaired) electrons. The fraction of sp³-hybridized carbons (Fsp3) is 0.714. The molecule has 92 valence electrons. The van der Waals surface area contributed by atoms with Crippen molar-refractivity contribution in [2.75, 3.05) is 13.1 Å². The van der Waals surface area contributed by atoms with Crippen molar-refractivity contribution in [3.63, 3.8) is 0 Å². The molecule has 0 aromatic carbocycles. The van der Waals surface area contributed by atoms with Gasteiger partial charge < -0.3 is 5.32 Å². The molecule has 1 saturated heterocycles. The first-order valence-electron chi connectivity index (χ1n) is 6.94. The van der Waals surface area contributed by atoms with Crippen LogP contribution in [0.1, 0.15) is 49.5 Å². The van der Waals surface area contributed by atoms with Crippen molar-refractivity contribution in [2.24, 2.45) is 5.92 Å². The Labute approximate surface area is 103 Å². The largest absolute Gasteiger partial charge is 0.317 e. The van der Waals surface area contributed by atoms with Crippen molar-refractivity contribution in [3.05, 3.63) is 23.8 Å². The molecule has 1 aliphatic heterocycles. The van der Waals surface area contributed by atoms with E-state index in [1.165, 1.54) is 44.3 Å². The zero-order valence-corrected chi connectivity index (χ0v) is 10.4. The van der Waals surface area contributed by atoms with Gasteiger partial charge in [-0.2, -0.15) is 0 Å². The van der Waals surface area contributed by atoms with Gasteiger partial charge in [-0.15, -0.1) is 0 Å². The van der Waals surface area contributed by atoms with E-state index in [1.807, 2.05) is 6.20 Å². The normalized spacial score (nSPS) is 25.5. The summed E-state index contributed by atoms with van der Waals surface area (Å²) in [5.41, 5.74) is 1.28. The topological polar surface area (TPSA) is 37.8 Å². The van der Waals surface area contributed by atoms with Gasteiger partial charge in [0.15, 0.2) is 0 Å². The summed E-state index contributed by atoms with van der Waals surface area (Å²) in [4.78, 5) is 9.17. The van der Waals surface area contributed by atoms with Gasteiger partial charge in [0.05, 0.1) is 0 Å². The van der Waals surface area contributed by atoms with Crippen LogP contribution in [-0.2, 0) is 6.42 Å². The van der Waals surface area contributed by atoms with Gasteiger partial charge in [0.1, 0.15) is 5.82 Å². The molecule has 0 bridgehead atoms. The number of nitrogens with one attached hydrogen (secondary N) is 1. The van der Waals surface area contributed by atoms with Gasteiger partial charge in [-0.1, -0.05) is 0 Å². The minimum atomic E-state index is 0.743. The molecule has 1 aliphatic carbocycles. The lowest BCUT2D eigenvalue weighted by Crippen LogP contribution is -2.15. The Morgan fingerprint density at radius 2 is 2.12 bits per heavy atom. The molecule has 3 nitrogen and oxygen atoms in total. The zero-order chi connectivity index (χ0) is 11.5. The lowest BCUT2D eigenvalue weighted by atomic mass is 9.96. The van der Waals surface area contributed by atoms with E-state index < -0.39 is 0 Å². The molecular formula is C14H21N3. The van der Waals surface area contributed by atoms with Crippen LogP contribution in [-0.4, -0.2) is 23.1 Å². The van der Waals surface area contributed by atoms with E-state index in [0.29, 0.717) is 0 Å². The molecule has 2 heterocycles. The molecule has 1 saturated carbocycles. The highest BCUT2D eigenvalue weighted by atomic mass is 14.9. The molecule has 1 N–H and O–H groups in total. The van der Waals surface area contributed by atoms with Crippen LogP contribution in [0.4, 0.5) is 0 Å². The molecule has 1 unspecified atom stereocenters. The standard InChI is InChI=1S/C14H21N3/c1-2-11(5-8-15-7-1)10-14-16-9-6-13(17-14)12-3-4-12/h6,9,11-12,15H,1-5,7-8,10H2. The second kappa shape index (κ2) is 5.13. The maximum absolute atomic E-state index is 4.73. The highest BCUT2D eigenvalue weighted by Gasteiger charge is 2.25. The summed E-state index contributed by atoms with van der Waals surface area (Å²) in [6.07, 6.45) is 9.56. The van der Waals surface area contributed by atoms with Gasteiger partial charge in [0, 0.05) is 24.2 Å². The first-order valence-corrected chi connectivity index (χ1v) is 6.94. The SMILES string of the molecule is c1cc(C2CC2)nc(CC2CCCNCC2)n1. The van der Waals surface area contributed by atoms with Gasteiger partial charge in [-0.05, 0) is 57.2 Å². The van der Waals surface area contributed by atoms with Crippen molar-refractivity contribution < 1.29 is 0 Å². The third kappa shape index (κ3) is 3.03. The summed E-state index contributed by atoms with van der Waals surface area (Å²) < 4.78 is 0. The van der Waals surface area contributed by atoms with Gasteiger partial charge >= 0.3 is 0 Å². The van der Waals surface area contributed by atoms with E-state index in [1.54, 1.807) is 0 Å². The highest BCUT2D eigenvalue weighted by molar-refractivity contribution is 5.14. The molecule has 17 heavy (non-hydrogen) atoms. The summed E-state index contributed by atoms with van der Waals surface area (Å²) in [6.45, 7) is 2.34. The molecule has 0 amide bonds. The zero-order valence-electron chi connectivity index (χ0n) is 10.4. The van der Waals surface area contributed by atoms with Crippen LogP contribution in [0.15, 0.2) is 12.3 Å². The van der Waals surface area contributed by atoms with E-state index >= 15 is 0 Å². The Bertz CT molecular complexity index is 365. The van der Waals surface area contributed by atoms with Gasteiger partial charge in [-0.25, -0.2) is 9.97 Å². The van der Waals surface area contributed by atoms with Crippen LogP contribution >= 0.6 is 0 Å². The van der Waals surface area contributed by atoms with Crippen LogP contribution in [0.5, 0.6) is 0 Å². The minimum Gasteiger partial charge on any atom is -0.317 e. The predicted molar refractivity (Wildman–Crippen MR) is 67.9 cm³/mol. The molecule has 1 aromatic rings. The first kappa shape index (κ1) is 11.1. The van der Waals surface area contributed by atoms with E-state index in [0.717, 1.165) is 30.6 Å². The van der Waals surface area contributed by atoms with Gasteiger partial charge in [0.25, 0.3) is 0 Å². The predicted octanol–water partition coefficient (Wildman–Crippen LogP) is 2.29. The van der Waals surface area contributed by atoms with Gasteiger partial charge in [0.2, 0.25) is 0 Å². The number of hydrogen-bond donors (Lipinski definition) is 1. The van der Waals surface area contributed by atoms with Crippen molar-refractivity contribution in [2.45, 2.75) is 44.4 Å². The number of aromatic nitrogens is 2. The van der Waals surface area contributed by atoms with Crippen LogP contribution in [0.2, 0.25) is 0 Å². The maximum Gasteiger partial charge on any atom is 0.128 e. The van der Waals surface area contributed by atoms with E-state index in [9.17, 15) is 0 Å². The quantitative estimate of drug-likeness (QED) is 0.867. The third-order valence-electron chi connectivity index (χ3n) is 3.89.